The molecule has 4 aromatic rings. The third-order valence-electron chi connectivity index (χ3n) is 7.46. The van der Waals surface area contributed by atoms with Gasteiger partial charge in [-0.3, -0.25) is 14.3 Å². The van der Waals surface area contributed by atoms with Gasteiger partial charge in [0.1, 0.15) is 29.3 Å². The highest BCUT2D eigenvalue weighted by Crippen LogP contribution is 2.43. The number of H-pyrrole nitrogens is 1. The second-order valence-electron chi connectivity index (χ2n) is 9.85. The lowest BCUT2D eigenvalue weighted by atomic mass is 9.80. The molecular formula is C31H32N2O8S. The van der Waals surface area contributed by atoms with E-state index < -0.39 is 51.7 Å². The summed E-state index contributed by atoms with van der Waals surface area (Å²) in [6.07, 6.45) is -0.572. The molecule has 42 heavy (non-hydrogen) atoms. The molecule has 10 nitrogen and oxygen atoms in total. The molecule has 1 aromatic heterocycles. The van der Waals surface area contributed by atoms with Gasteiger partial charge in [-0.05, 0) is 52.1 Å². The summed E-state index contributed by atoms with van der Waals surface area (Å²) in [5.41, 5.74) is -0.0806. The van der Waals surface area contributed by atoms with Crippen molar-refractivity contribution in [2.45, 2.75) is 29.3 Å². The van der Waals surface area contributed by atoms with E-state index in [-0.39, 0.29) is 6.61 Å². The smallest absolute Gasteiger partial charge is 0.330 e. The van der Waals surface area contributed by atoms with Gasteiger partial charge in [-0.2, -0.15) is 0 Å². The van der Waals surface area contributed by atoms with Gasteiger partial charge in [0.2, 0.25) is 0 Å². The number of hydrogen-bond donors (Lipinski definition) is 2. The molecule has 1 aliphatic heterocycles. The molecule has 0 amide bonds. The van der Waals surface area contributed by atoms with Crippen LogP contribution in [-0.4, -0.2) is 63.8 Å². The second kappa shape index (κ2) is 12.6. The molecule has 1 aliphatic rings. The zero-order chi connectivity index (χ0) is 29.9. The number of nitrogens with one attached hydrogen (secondary N) is 1. The Hall–Kier alpha value is -3.87. The Balaban J connectivity index is 1.58. The molecule has 3 unspecified atom stereocenters. The molecule has 5 atom stereocenters. The molecule has 0 spiro atoms. The van der Waals surface area contributed by atoms with Gasteiger partial charge in [0.05, 0.1) is 27.1 Å². The Kier molecular flexibility index (Phi) is 8.85. The highest BCUT2D eigenvalue weighted by atomic mass is 32.2. The maximum absolute atomic E-state index is 12.8. The van der Waals surface area contributed by atoms with E-state index in [1.165, 1.54) is 18.5 Å². The summed E-state index contributed by atoms with van der Waals surface area (Å²) in [6.45, 7) is -0.129. The van der Waals surface area contributed by atoms with Crippen LogP contribution in [0.25, 0.3) is 0 Å². The SMILES string of the molecule is COc1ccc(C(OC[C@@H]2O[C@H](n3ccc(=O)[nH]c3=O)C([S+](C)[O-])C2O)(c2ccccc2)c2ccc(OC)cc2)cc1. The number of aliphatic hydroxyl groups is 1. The Morgan fingerprint density at radius 1 is 0.905 bits per heavy atom. The van der Waals surface area contributed by atoms with E-state index in [4.69, 9.17) is 18.9 Å². The van der Waals surface area contributed by atoms with Gasteiger partial charge in [0.25, 0.3) is 5.56 Å². The standard InChI is InChI=1S/C31H32N2O8S/c1-38-23-13-9-21(10-14-23)31(20-7-5-4-6-8-20,22-11-15-24(39-2)16-12-22)40-19-25-27(35)28(42(3)37)29(41-25)33-18-17-26(34)32-30(33)36/h4-18,25,27-29,35H,19H2,1-3H3,(H,32,34,36)/t25-,27?,28?,29-,42?/m0/s1. The number of aliphatic hydroxyl groups excluding tert-OH is 1. The van der Waals surface area contributed by atoms with Gasteiger partial charge in [0, 0.05) is 12.3 Å². The first-order chi connectivity index (χ1) is 20.3. The van der Waals surface area contributed by atoms with Gasteiger partial charge < -0.3 is 28.6 Å². The number of aromatic nitrogens is 2. The van der Waals surface area contributed by atoms with Gasteiger partial charge in [-0.25, -0.2) is 4.79 Å². The number of nitrogens with zero attached hydrogens (tertiary/aromatic N) is 1. The van der Waals surface area contributed by atoms with Crippen molar-refractivity contribution in [1.29, 1.82) is 0 Å². The van der Waals surface area contributed by atoms with E-state index in [1.807, 2.05) is 78.9 Å². The molecule has 5 rings (SSSR count). The molecule has 0 aliphatic carbocycles. The number of ether oxygens (including phenoxy) is 4. The van der Waals surface area contributed by atoms with Crippen molar-refractivity contribution in [3.8, 4) is 11.5 Å². The lowest BCUT2D eigenvalue weighted by molar-refractivity contribution is -0.0944. The Bertz CT molecular complexity index is 1540. The van der Waals surface area contributed by atoms with Crippen molar-refractivity contribution in [3.63, 3.8) is 0 Å². The second-order valence-corrected chi connectivity index (χ2v) is 11.4. The molecule has 1 saturated heterocycles. The van der Waals surface area contributed by atoms with Crippen molar-refractivity contribution >= 4 is 11.2 Å². The minimum Gasteiger partial charge on any atom is -0.616 e. The third kappa shape index (κ3) is 5.61. The van der Waals surface area contributed by atoms with E-state index in [9.17, 15) is 19.2 Å². The lowest BCUT2D eigenvalue weighted by Crippen LogP contribution is -2.43. The quantitative estimate of drug-likeness (QED) is 0.212. The minimum absolute atomic E-state index is 0.129. The molecule has 1 fully saturated rings. The highest BCUT2D eigenvalue weighted by molar-refractivity contribution is 7.91. The lowest BCUT2D eigenvalue weighted by Gasteiger charge is -2.37. The molecule has 11 heteroatoms. The predicted octanol–water partition coefficient (Wildman–Crippen LogP) is 2.57. The van der Waals surface area contributed by atoms with Gasteiger partial charge in [0.15, 0.2) is 11.5 Å². The van der Waals surface area contributed by atoms with Crippen LogP contribution < -0.4 is 20.7 Å². The summed E-state index contributed by atoms with van der Waals surface area (Å²) in [4.78, 5) is 26.4. The number of aromatic amines is 1. The van der Waals surface area contributed by atoms with Crippen molar-refractivity contribution in [1.82, 2.24) is 9.55 Å². The van der Waals surface area contributed by atoms with E-state index in [2.05, 4.69) is 4.98 Å². The van der Waals surface area contributed by atoms with Crippen molar-refractivity contribution < 1.29 is 28.6 Å². The molecule has 220 valence electrons. The zero-order valence-corrected chi connectivity index (χ0v) is 24.2. The third-order valence-corrected chi connectivity index (χ3v) is 8.74. The fourth-order valence-corrected chi connectivity index (χ4v) is 6.44. The first kappa shape index (κ1) is 29.6. The average molecular weight is 593 g/mol. The fraction of sp³-hybridized carbons (Fsp3) is 0.290. The summed E-state index contributed by atoms with van der Waals surface area (Å²) >= 11 is -1.59. The molecule has 2 N–H and O–H groups in total. The Labute approximate surface area is 245 Å². The first-order valence-corrected chi connectivity index (χ1v) is 14.9. The average Bonchev–Trinajstić information content (AvgIpc) is 3.34. The molecule has 0 saturated carbocycles. The summed E-state index contributed by atoms with van der Waals surface area (Å²) in [5, 5.41) is 10.4. The van der Waals surface area contributed by atoms with Crippen molar-refractivity contribution in [2.24, 2.45) is 0 Å². The van der Waals surface area contributed by atoms with E-state index in [0.717, 1.165) is 21.3 Å². The van der Waals surface area contributed by atoms with Crippen LogP contribution in [-0.2, 0) is 26.3 Å². The molecule has 0 radical (unpaired) electrons. The van der Waals surface area contributed by atoms with Gasteiger partial charge >= 0.3 is 5.69 Å². The first-order valence-electron chi connectivity index (χ1n) is 13.2. The number of methoxy groups -OCH3 is 2. The van der Waals surface area contributed by atoms with Crippen LogP contribution in [0.5, 0.6) is 11.5 Å². The van der Waals surface area contributed by atoms with Crippen LogP contribution in [0.15, 0.2) is 101 Å². The zero-order valence-electron chi connectivity index (χ0n) is 23.3. The normalized spacial score (nSPS) is 21.2. The Morgan fingerprint density at radius 2 is 1.45 bits per heavy atom. The fourth-order valence-electron chi connectivity index (χ4n) is 5.35. The van der Waals surface area contributed by atoms with Crippen molar-refractivity contribution in [3.05, 3.63) is 129 Å². The van der Waals surface area contributed by atoms with Crippen molar-refractivity contribution in [2.75, 3.05) is 27.1 Å². The van der Waals surface area contributed by atoms with E-state index in [0.29, 0.717) is 11.5 Å². The molecule has 2 heterocycles. The summed E-state index contributed by atoms with van der Waals surface area (Å²) in [7, 11) is 3.19. The topological polar surface area (TPSA) is 135 Å². The summed E-state index contributed by atoms with van der Waals surface area (Å²) < 4.78 is 37.7. The maximum Gasteiger partial charge on any atom is 0.330 e. The van der Waals surface area contributed by atoms with Gasteiger partial charge in [-0.15, -0.1) is 0 Å². The number of hydrogen-bond acceptors (Lipinski definition) is 8. The van der Waals surface area contributed by atoms with Crippen LogP contribution >= 0.6 is 0 Å². The number of benzene rings is 3. The summed E-state index contributed by atoms with van der Waals surface area (Å²) in [6, 6.07) is 25.8. The van der Waals surface area contributed by atoms with Crippen LogP contribution in [0.4, 0.5) is 0 Å². The van der Waals surface area contributed by atoms with Crippen LogP contribution in [0.3, 0.4) is 0 Å². The van der Waals surface area contributed by atoms with Crippen LogP contribution in [0.1, 0.15) is 22.9 Å². The monoisotopic (exact) mass is 592 g/mol. The molecule has 0 bridgehead atoms. The largest absolute Gasteiger partial charge is 0.616 e. The van der Waals surface area contributed by atoms with Crippen LogP contribution in [0.2, 0.25) is 0 Å². The highest BCUT2D eigenvalue weighted by Gasteiger charge is 2.52. The van der Waals surface area contributed by atoms with Gasteiger partial charge in [-0.1, -0.05) is 54.6 Å². The van der Waals surface area contributed by atoms with E-state index >= 15 is 0 Å². The number of rotatable bonds is 10. The Morgan fingerprint density at radius 3 is 1.95 bits per heavy atom. The van der Waals surface area contributed by atoms with E-state index in [1.54, 1.807) is 14.2 Å². The molecule has 3 aromatic carbocycles. The molecular weight excluding hydrogens is 560 g/mol. The minimum atomic E-state index is -1.59. The van der Waals surface area contributed by atoms with Crippen LogP contribution in [0, 0.1) is 0 Å². The summed E-state index contributed by atoms with van der Waals surface area (Å²) in [5.74, 6) is 1.35. The maximum atomic E-state index is 12.8. The predicted molar refractivity (Wildman–Crippen MR) is 157 cm³/mol.